The van der Waals surface area contributed by atoms with Crippen molar-refractivity contribution in [2.24, 2.45) is 0 Å². The largest absolute Gasteiger partial charge is 0.304 e. The fourth-order valence-corrected chi connectivity index (χ4v) is 1.18. The molecule has 3 heteroatoms. The Bertz CT molecular complexity index is 151. The molecule has 0 bridgehead atoms. The molecule has 0 aliphatic carbocycles. The summed E-state index contributed by atoms with van der Waals surface area (Å²) in [5.41, 5.74) is 0. The molecule has 0 saturated heterocycles. The van der Waals surface area contributed by atoms with E-state index in [-0.39, 0.29) is 20.1 Å². The van der Waals surface area contributed by atoms with Crippen LogP contribution in [0, 0.1) is 10.8 Å². The zero-order chi connectivity index (χ0) is 7.07. The van der Waals surface area contributed by atoms with E-state index in [0.717, 1.165) is 0 Å². The maximum absolute atomic E-state index is 2.90. The van der Waals surface area contributed by atoms with Crippen LogP contribution in [0.25, 0.3) is 0 Å². The molecule has 11 heavy (non-hydrogen) atoms. The van der Waals surface area contributed by atoms with E-state index in [0.29, 0.717) is 0 Å². The Morgan fingerprint density at radius 2 is 1.27 bits per heavy atom. The molecule has 0 aliphatic heterocycles. The Labute approximate surface area is 88.3 Å². The van der Waals surface area contributed by atoms with Gasteiger partial charge in [0.15, 0.2) is 0 Å². The predicted octanol–water partition coefficient (Wildman–Crippen LogP) is 3.09. The molecule has 0 atom stereocenters. The third-order valence-electron chi connectivity index (χ3n) is 0.758. The summed E-state index contributed by atoms with van der Waals surface area (Å²) in [6.07, 6.45) is 0. The fourth-order valence-electron chi connectivity index (χ4n) is 0.393. The van der Waals surface area contributed by atoms with Gasteiger partial charge >= 0.3 is 0 Å². The Balaban J connectivity index is 0.000000167. The first-order valence-electron chi connectivity index (χ1n) is 2.79. The van der Waals surface area contributed by atoms with Gasteiger partial charge in [0.2, 0.25) is 0 Å². The predicted molar refractivity (Wildman–Crippen MR) is 46.3 cm³/mol. The van der Waals surface area contributed by atoms with Crippen LogP contribution in [0.5, 0.6) is 0 Å². The van der Waals surface area contributed by atoms with Crippen molar-refractivity contribution in [1.82, 2.24) is 0 Å². The SMILES string of the molecule is [Ir].[c-]1cccs1.[c-]1cccs1. The quantitative estimate of drug-likeness (QED) is 0.635. The Morgan fingerprint density at radius 1 is 0.818 bits per heavy atom. The molecule has 2 aromatic heterocycles. The summed E-state index contributed by atoms with van der Waals surface area (Å²) >= 11 is 3.18. The van der Waals surface area contributed by atoms with Gasteiger partial charge in [-0.3, -0.25) is 0 Å². The monoisotopic (exact) mass is 359 g/mol. The van der Waals surface area contributed by atoms with E-state index in [2.05, 4.69) is 10.8 Å². The molecule has 0 amide bonds. The topological polar surface area (TPSA) is 0 Å². The van der Waals surface area contributed by atoms with Gasteiger partial charge in [-0.05, 0) is 0 Å². The van der Waals surface area contributed by atoms with Crippen LogP contribution in [0.1, 0.15) is 0 Å². The Hall–Kier alpha value is 0.0494. The molecule has 0 N–H and O–H groups in total. The van der Waals surface area contributed by atoms with E-state index in [1.54, 1.807) is 22.7 Å². The molecule has 2 rings (SSSR count). The second-order valence-corrected chi connectivity index (χ2v) is 2.95. The van der Waals surface area contributed by atoms with Crippen molar-refractivity contribution in [1.29, 1.82) is 0 Å². The molecule has 0 nitrogen and oxygen atoms in total. The van der Waals surface area contributed by atoms with Gasteiger partial charge in [-0.1, -0.05) is 0 Å². The average Bonchev–Trinajstić information content (AvgIpc) is 2.67. The summed E-state index contributed by atoms with van der Waals surface area (Å²) in [6.45, 7) is 0. The van der Waals surface area contributed by atoms with Crippen LogP contribution in [0.4, 0.5) is 0 Å². The third-order valence-corrected chi connectivity index (χ3v) is 1.89. The average molecular weight is 358 g/mol. The Kier molecular flexibility index (Phi) is 8.19. The van der Waals surface area contributed by atoms with Crippen LogP contribution in [-0.2, 0) is 20.1 Å². The van der Waals surface area contributed by atoms with Crippen molar-refractivity contribution < 1.29 is 20.1 Å². The molecule has 0 spiro atoms. The first kappa shape index (κ1) is 11.0. The van der Waals surface area contributed by atoms with Crippen LogP contribution in [0.15, 0.2) is 35.0 Å². The first-order valence-corrected chi connectivity index (χ1v) is 4.55. The zero-order valence-electron chi connectivity index (χ0n) is 5.61. The molecule has 0 saturated carbocycles. The van der Waals surface area contributed by atoms with Crippen molar-refractivity contribution in [3.05, 3.63) is 45.8 Å². The maximum Gasteiger partial charge on any atom is 0 e. The molecule has 0 aliphatic rings. The van der Waals surface area contributed by atoms with Crippen LogP contribution < -0.4 is 0 Å². The van der Waals surface area contributed by atoms with Crippen molar-refractivity contribution in [2.45, 2.75) is 0 Å². The van der Waals surface area contributed by atoms with Gasteiger partial charge in [0, 0.05) is 20.1 Å². The Morgan fingerprint density at radius 3 is 1.36 bits per heavy atom. The minimum atomic E-state index is 0. The molecular weight excluding hydrogens is 352 g/mol. The molecule has 2 heterocycles. The standard InChI is InChI=1S/2C4H3S.Ir/c2*1-2-4-5-3-1;/h2*1-3H;/q2*-1;. The van der Waals surface area contributed by atoms with Gasteiger partial charge in [0.05, 0.1) is 0 Å². The maximum atomic E-state index is 2.90. The molecule has 0 fully saturated rings. The van der Waals surface area contributed by atoms with E-state index in [1.807, 2.05) is 35.0 Å². The van der Waals surface area contributed by atoms with Gasteiger partial charge < -0.3 is 22.7 Å². The molecule has 0 unspecified atom stereocenters. The van der Waals surface area contributed by atoms with Crippen LogP contribution in [0.2, 0.25) is 0 Å². The fraction of sp³-hybridized carbons (Fsp3) is 0. The number of hydrogen-bond acceptors (Lipinski definition) is 2. The summed E-state index contributed by atoms with van der Waals surface area (Å²) in [6, 6.07) is 7.71. The minimum absolute atomic E-state index is 0. The van der Waals surface area contributed by atoms with Crippen molar-refractivity contribution >= 4 is 22.7 Å². The van der Waals surface area contributed by atoms with Crippen LogP contribution >= 0.6 is 22.7 Å². The summed E-state index contributed by atoms with van der Waals surface area (Å²) in [4.78, 5) is 0. The number of thiophene rings is 2. The van der Waals surface area contributed by atoms with E-state index in [4.69, 9.17) is 0 Å². The van der Waals surface area contributed by atoms with Crippen LogP contribution in [0.3, 0.4) is 0 Å². The molecule has 1 radical (unpaired) electrons. The molecule has 0 aromatic carbocycles. The molecule has 2 aromatic rings. The summed E-state index contributed by atoms with van der Waals surface area (Å²) in [7, 11) is 0. The van der Waals surface area contributed by atoms with Crippen molar-refractivity contribution in [3.63, 3.8) is 0 Å². The summed E-state index contributed by atoms with van der Waals surface area (Å²) in [5, 5.41) is 9.78. The third kappa shape index (κ3) is 6.45. The first-order chi connectivity index (χ1) is 5.00. The van der Waals surface area contributed by atoms with Gasteiger partial charge in [0.25, 0.3) is 0 Å². The number of hydrogen-bond donors (Lipinski definition) is 0. The minimum Gasteiger partial charge on any atom is -0.304 e. The second kappa shape index (κ2) is 8.15. The second-order valence-electron chi connectivity index (χ2n) is 1.46. The number of rotatable bonds is 0. The van der Waals surface area contributed by atoms with Crippen molar-refractivity contribution in [2.75, 3.05) is 0 Å². The van der Waals surface area contributed by atoms with Gasteiger partial charge in [-0.2, -0.15) is 22.9 Å². The van der Waals surface area contributed by atoms with E-state index < -0.39 is 0 Å². The molecular formula is C8H6IrS2-2. The van der Waals surface area contributed by atoms with E-state index in [1.165, 1.54) is 0 Å². The van der Waals surface area contributed by atoms with E-state index >= 15 is 0 Å². The molecule has 61 valence electrons. The summed E-state index contributed by atoms with van der Waals surface area (Å²) < 4.78 is 0. The van der Waals surface area contributed by atoms with Gasteiger partial charge in [-0.15, -0.1) is 10.8 Å². The van der Waals surface area contributed by atoms with Crippen LogP contribution in [-0.4, -0.2) is 0 Å². The normalized spacial score (nSPS) is 7.27. The van der Waals surface area contributed by atoms with E-state index in [9.17, 15) is 0 Å². The zero-order valence-corrected chi connectivity index (χ0v) is 9.64. The van der Waals surface area contributed by atoms with Gasteiger partial charge in [-0.25, -0.2) is 12.1 Å². The van der Waals surface area contributed by atoms with Crippen molar-refractivity contribution in [3.8, 4) is 0 Å². The smallest absolute Gasteiger partial charge is 0 e. The summed E-state index contributed by atoms with van der Waals surface area (Å²) in [5.74, 6) is 0. The van der Waals surface area contributed by atoms with Gasteiger partial charge in [0.1, 0.15) is 0 Å².